The molecule has 1 heterocycles. The summed E-state index contributed by atoms with van der Waals surface area (Å²) in [5.74, 6) is 1.32. The Morgan fingerprint density at radius 2 is 2.36 bits per heavy atom. The summed E-state index contributed by atoms with van der Waals surface area (Å²) in [5, 5.41) is 16.2. The summed E-state index contributed by atoms with van der Waals surface area (Å²) < 4.78 is 0. The van der Waals surface area contributed by atoms with Gasteiger partial charge in [-0.05, 0) is 19.3 Å². The summed E-state index contributed by atoms with van der Waals surface area (Å²) in [5.41, 5.74) is -0.652. The molecule has 4 nitrogen and oxygen atoms in total. The van der Waals surface area contributed by atoms with Crippen LogP contribution in [0.3, 0.4) is 0 Å². The minimum atomic E-state index is -0.652. The first-order valence-corrected chi connectivity index (χ1v) is 5.24. The lowest BCUT2D eigenvalue weighted by atomic mass is 9.94. The number of aliphatic imine (C=N–C) groups is 1. The molecule has 4 heteroatoms. The molecular formula is C10H21N3O. The second-order valence-electron chi connectivity index (χ2n) is 4.61. The zero-order valence-electron chi connectivity index (χ0n) is 9.30. The van der Waals surface area contributed by atoms with Gasteiger partial charge in [-0.3, -0.25) is 4.99 Å². The SMILES string of the molecule is CC(C)CC(C)(O)CNC1=NCCN1. The van der Waals surface area contributed by atoms with E-state index in [0.717, 1.165) is 25.5 Å². The molecule has 1 aliphatic rings. The molecule has 0 saturated carbocycles. The number of hydrogen-bond donors (Lipinski definition) is 3. The lowest BCUT2D eigenvalue weighted by Gasteiger charge is -2.25. The maximum Gasteiger partial charge on any atom is 0.191 e. The van der Waals surface area contributed by atoms with E-state index < -0.39 is 5.60 Å². The lowest BCUT2D eigenvalue weighted by Crippen LogP contribution is -2.44. The predicted molar refractivity (Wildman–Crippen MR) is 58.4 cm³/mol. The quantitative estimate of drug-likeness (QED) is 0.611. The van der Waals surface area contributed by atoms with Crippen molar-refractivity contribution in [1.29, 1.82) is 0 Å². The molecular weight excluding hydrogens is 178 g/mol. The molecule has 0 aromatic rings. The molecule has 1 atom stereocenters. The fourth-order valence-corrected chi connectivity index (χ4v) is 1.74. The van der Waals surface area contributed by atoms with Crippen molar-refractivity contribution in [2.75, 3.05) is 19.6 Å². The van der Waals surface area contributed by atoms with E-state index in [1.807, 2.05) is 6.92 Å². The molecule has 82 valence electrons. The Hall–Kier alpha value is -0.770. The maximum absolute atomic E-state index is 10.00. The molecule has 1 unspecified atom stereocenters. The van der Waals surface area contributed by atoms with Crippen LogP contribution in [0.2, 0.25) is 0 Å². The van der Waals surface area contributed by atoms with Gasteiger partial charge in [-0.25, -0.2) is 0 Å². The van der Waals surface area contributed by atoms with Crippen LogP contribution < -0.4 is 10.6 Å². The first-order valence-electron chi connectivity index (χ1n) is 5.24. The molecule has 14 heavy (non-hydrogen) atoms. The first-order chi connectivity index (χ1) is 6.49. The zero-order chi connectivity index (χ0) is 10.6. The van der Waals surface area contributed by atoms with Crippen molar-refractivity contribution in [2.45, 2.75) is 32.8 Å². The van der Waals surface area contributed by atoms with E-state index in [2.05, 4.69) is 29.5 Å². The fourth-order valence-electron chi connectivity index (χ4n) is 1.74. The van der Waals surface area contributed by atoms with E-state index in [-0.39, 0.29) is 0 Å². The summed E-state index contributed by atoms with van der Waals surface area (Å²) in [4.78, 5) is 4.20. The molecule has 0 fully saturated rings. The Balaban J connectivity index is 2.27. The second-order valence-corrected chi connectivity index (χ2v) is 4.61. The van der Waals surface area contributed by atoms with Gasteiger partial charge in [0.15, 0.2) is 5.96 Å². The van der Waals surface area contributed by atoms with Crippen LogP contribution in [-0.4, -0.2) is 36.3 Å². The average molecular weight is 199 g/mol. The Morgan fingerprint density at radius 1 is 1.64 bits per heavy atom. The van der Waals surface area contributed by atoms with Crippen LogP contribution in [-0.2, 0) is 0 Å². The normalized spacial score (nSPS) is 20.2. The van der Waals surface area contributed by atoms with Gasteiger partial charge in [-0.15, -0.1) is 0 Å². The van der Waals surface area contributed by atoms with Gasteiger partial charge >= 0.3 is 0 Å². The topological polar surface area (TPSA) is 56.6 Å². The van der Waals surface area contributed by atoms with Crippen molar-refractivity contribution in [3.8, 4) is 0 Å². The molecule has 0 saturated heterocycles. The molecule has 1 aliphatic heterocycles. The van der Waals surface area contributed by atoms with Gasteiger partial charge in [0.25, 0.3) is 0 Å². The minimum absolute atomic E-state index is 0.505. The molecule has 0 aliphatic carbocycles. The maximum atomic E-state index is 10.00. The van der Waals surface area contributed by atoms with E-state index in [4.69, 9.17) is 0 Å². The van der Waals surface area contributed by atoms with Gasteiger partial charge < -0.3 is 15.7 Å². The molecule has 0 radical (unpaired) electrons. The van der Waals surface area contributed by atoms with E-state index in [9.17, 15) is 5.11 Å². The van der Waals surface area contributed by atoms with Crippen molar-refractivity contribution in [3.05, 3.63) is 0 Å². The Morgan fingerprint density at radius 3 is 2.86 bits per heavy atom. The van der Waals surface area contributed by atoms with E-state index in [0.29, 0.717) is 12.5 Å². The van der Waals surface area contributed by atoms with Gasteiger partial charge in [0.1, 0.15) is 0 Å². The predicted octanol–water partition coefficient (Wildman–Crippen LogP) is 0.332. The molecule has 0 bridgehead atoms. The smallest absolute Gasteiger partial charge is 0.191 e. The van der Waals surface area contributed by atoms with Crippen molar-refractivity contribution >= 4 is 5.96 Å². The van der Waals surface area contributed by atoms with Gasteiger partial charge in [0.2, 0.25) is 0 Å². The molecule has 0 spiro atoms. The van der Waals surface area contributed by atoms with Crippen molar-refractivity contribution in [2.24, 2.45) is 10.9 Å². The van der Waals surface area contributed by atoms with Crippen LogP contribution >= 0.6 is 0 Å². The summed E-state index contributed by atoms with van der Waals surface area (Å²) >= 11 is 0. The molecule has 1 rings (SSSR count). The number of aliphatic hydroxyl groups is 1. The number of rotatable bonds is 4. The van der Waals surface area contributed by atoms with Crippen molar-refractivity contribution < 1.29 is 5.11 Å². The van der Waals surface area contributed by atoms with Gasteiger partial charge in [0, 0.05) is 13.1 Å². The third kappa shape index (κ3) is 3.96. The zero-order valence-corrected chi connectivity index (χ0v) is 9.30. The number of hydrogen-bond acceptors (Lipinski definition) is 4. The van der Waals surface area contributed by atoms with Crippen LogP contribution in [0, 0.1) is 5.92 Å². The Bertz CT molecular complexity index is 211. The summed E-state index contributed by atoms with van der Waals surface area (Å²) in [6.07, 6.45) is 0.799. The van der Waals surface area contributed by atoms with Crippen LogP contribution in [0.15, 0.2) is 4.99 Å². The monoisotopic (exact) mass is 199 g/mol. The third-order valence-electron chi connectivity index (χ3n) is 2.16. The molecule has 0 aromatic heterocycles. The molecule has 0 amide bonds. The highest BCUT2D eigenvalue weighted by Crippen LogP contribution is 2.14. The van der Waals surface area contributed by atoms with Crippen molar-refractivity contribution in [1.82, 2.24) is 10.6 Å². The second kappa shape index (κ2) is 4.64. The minimum Gasteiger partial charge on any atom is -0.388 e. The Kier molecular flexibility index (Phi) is 3.75. The highest BCUT2D eigenvalue weighted by atomic mass is 16.3. The van der Waals surface area contributed by atoms with Crippen molar-refractivity contribution in [3.63, 3.8) is 0 Å². The lowest BCUT2D eigenvalue weighted by molar-refractivity contribution is 0.0428. The first kappa shape index (κ1) is 11.3. The fraction of sp³-hybridized carbons (Fsp3) is 0.900. The summed E-state index contributed by atoms with van der Waals surface area (Å²) in [6.45, 7) is 8.36. The van der Waals surface area contributed by atoms with Crippen LogP contribution in [0.25, 0.3) is 0 Å². The highest BCUT2D eigenvalue weighted by Gasteiger charge is 2.22. The summed E-state index contributed by atoms with van der Waals surface area (Å²) in [6, 6.07) is 0. The van der Waals surface area contributed by atoms with Gasteiger partial charge in [-0.2, -0.15) is 0 Å². The number of guanidine groups is 1. The van der Waals surface area contributed by atoms with Gasteiger partial charge in [-0.1, -0.05) is 13.8 Å². The summed E-state index contributed by atoms with van der Waals surface area (Å²) in [7, 11) is 0. The van der Waals surface area contributed by atoms with Gasteiger partial charge in [0.05, 0.1) is 12.1 Å². The van der Waals surface area contributed by atoms with E-state index >= 15 is 0 Å². The molecule has 0 aromatic carbocycles. The standard InChI is InChI=1S/C10H21N3O/c1-8(2)6-10(3,14)7-13-9-11-4-5-12-9/h8,14H,4-7H2,1-3H3,(H2,11,12,13). The largest absolute Gasteiger partial charge is 0.388 e. The van der Waals surface area contributed by atoms with Crippen LogP contribution in [0.4, 0.5) is 0 Å². The Labute approximate surface area is 85.8 Å². The van der Waals surface area contributed by atoms with Crippen LogP contribution in [0.1, 0.15) is 27.2 Å². The highest BCUT2D eigenvalue weighted by molar-refractivity contribution is 5.81. The number of nitrogens with zero attached hydrogens (tertiary/aromatic N) is 1. The molecule has 3 N–H and O–H groups in total. The average Bonchev–Trinajstić information content (AvgIpc) is 2.50. The van der Waals surface area contributed by atoms with E-state index in [1.54, 1.807) is 0 Å². The number of nitrogens with one attached hydrogen (secondary N) is 2. The third-order valence-corrected chi connectivity index (χ3v) is 2.16. The van der Waals surface area contributed by atoms with Crippen LogP contribution in [0.5, 0.6) is 0 Å². The van der Waals surface area contributed by atoms with E-state index in [1.165, 1.54) is 0 Å².